The maximum atomic E-state index is 12.7. The largest absolute Gasteiger partial charge is 0.497 e. The molecule has 1 atom stereocenters. The number of carbonyl (C=O) groups excluding carboxylic acids is 1. The molecule has 1 saturated heterocycles. The molecule has 1 fully saturated rings. The van der Waals surface area contributed by atoms with Gasteiger partial charge in [0.25, 0.3) is 5.91 Å². The van der Waals surface area contributed by atoms with E-state index in [1.54, 1.807) is 44.1 Å². The average Bonchev–Trinajstić information content (AvgIpc) is 2.87. The van der Waals surface area contributed by atoms with Crippen LogP contribution in [0.2, 0.25) is 0 Å². The summed E-state index contributed by atoms with van der Waals surface area (Å²) in [6, 6.07) is 5.19. The van der Waals surface area contributed by atoms with Crippen molar-refractivity contribution in [3.63, 3.8) is 0 Å². The highest BCUT2D eigenvalue weighted by Gasteiger charge is 2.39. The summed E-state index contributed by atoms with van der Waals surface area (Å²) >= 11 is 3.41. The fourth-order valence-corrected chi connectivity index (χ4v) is 3.11. The predicted molar refractivity (Wildman–Crippen MR) is 81.1 cm³/mol. The molecule has 1 heterocycles. The van der Waals surface area contributed by atoms with Crippen LogP contribution in [0.15, 0.2) is 22.7 Å². The first-order valence-electron chi connectivity index (χ1n) is 6.71. The molecular weight excluding hydrogens is 322 g/mol. The maximum absolute atomic E-state index is 12.7. The molecule has 1 N–H and O–H groups in total. The lowest BCUT2D eigenvalue weighted by molar-refractivity contribution is 0.000293. The van der Waals surface area contributed by atoms with Gasteiger partial charge in [-0.2, -0.15) is 0 Å². The Labute approximate surface area is 127 Å². The number of hydrogen-bond acceptors (Lipinski definition) is 3. The first-order valence-corrected chi connectivity index (χ1v) is 7.51. The van der Waals surface area contributed by atoms with Gasteiger partial charge in [0, 0.05) is 11.0 Å². The van der Waals surface area contributed by atoms with Crippen LogP contribution in [0.4, 0.5) is 0 Å². The van der Waals surface area contributed by atoms with E-state index in [2.05, 4.69) is 15.9 Å². The van der Waals surface area contributed by atoms with Crippen LogP contribution >= 0.6 is 15.9 Å². The highest BCUT2D eigenvalue weighted by atomic mass is 79.9. The van der Waals surface area contributed by atoms with Crippen molar-refractivity contribution in [1.29, 1.82) is 0 Å². The minimum Gasteiger partial charge on any atom is -0.497 e. The van der Waals surface area contributed by atoms with E-state index in [4.69, 9.17) is 4.74 Å². The van der Waals surface area contributed by atoms with Crippen LogP contribution in [0.1, 0.15) is 37.0 Å². The highest BCUT2D eigenvalue weighted by molar-refractivity contribution is 9.10. The predicted octanol–water partition coefficient (Wildman–Crippen LogP) is 2.83. The van der Waals surface area contributed by atoms with Gasteiger partial charge in [-0.25, -0.2) is 0 Å². The maximum Gasteiger partial charge on any atom is 0.255 e. The van der Waals surface area contributed by atoms with E-state index in [9.17, 15) is 9.90 Å². The fraction of sp³-hybridized carbons (Fsp3) is 0.533. The quantitative estimate of drug-likeness (QED) is 0.919. The van der Waals surface area contributed by atoms with Crippen molar-refractivity contribution in [1.82, 2.24) is 4.90 Å². The molecule has 20 heavy (non-hydrogen) atoms. The molecule has 1 aliphatic heterocycles. The van der Waals surface area contributed by atoms with Gasteiger partial charge in [0.15, 0.2) is 0 Å². The zero-order valence-corrected chi connectivity index (χ0v) is 13.6. The normalized spacial score (nSPS) is 19.2. The smallest absolute Gasteiger partial charge is 0.255 e. The Hall–Kier alpha value is -1.07. The van der Waals surface area contributed by atoms with E-state index in [0.29, 0.717) is 17.9 Å². The molecule has 2 rings (SSSR count). The van der Waals surface area contributed by atoms with Crippen molar-refractivity contribution in [2.24, 2.45) is 0 Å². The van der Waals surface area contributed by atoms with Crippen LogP contribution in [0.5, 0.6) is 5.75 Å². The second-order valence-electron chi connectivity index (χ2n) is 5.66. The Morgan fingerprint density at radius 1 is 1.50 bits per heavy atom. The monoisotopic (exact) mass is 341 g/mol. The van der Waals surface area contributed by atoms with Gasteiger partial charge in [0.1, 0.15) is 5.75 Å². The molecule has 5 heteroatoms. The van der Waals surface area contributed by atoms with Gasteiger partial charge in [-0.3, -0.25) is 4.79 Å². The number of likely N-dealkylation sites (tertiary alicyclic amines) is 1. The molecule has 110 valence electrons. The average molecular weight is 342 g/mol. The van der Waals surface area contributed by atoms with Gasteiger partial charge in [-0.15, -0.1) is 0 Å². The van der Waals surface area contributed by atoms with Crippen LogP contribution in [-0.4, -0.2) is 41.2 Å². The topological polar surface area (TPSA) is 49.8 Å². The van der Waals surface area contributed by atoms with Gasteiger partial charge in [-0.05, 0) is 60.8 Å². The van der Waals surface area contributed by atoms with Gasteiger partial charge >= 0.3 is 0 Å². The Morgan fingerprint density at radius 2 is 2.20 bits per heavy atom. The van der Waals surface area contributed by atoms with Crippen molar-refractivity contribution in [2.45, 2.75) is 38.3 Å². The second-order valence-corrected chi connectivity index (χ2v) is 6.51. The zero-order chi connectivity index (χ0) is 14.9. The third kappa shape index (κ3) is 2.99. The SMILES string of the molecule is COc1ccc(Br)c(C(=O)N2CCCC2C(C)(C)O)c1. The number of hydrogen-bond donors (Lipinski definition) is 1. The molecule has 0 saturated carbocycles. The molecular formula is C15H20BrNO3. The Balaban J connectivity index is 2.31. The van der Waals surface area contributed by atoms with Gasteiger partial charge in [0.2, 0.25) is 0 Å². The lowest BCUT2D eigenvalue weighted by Gasteiger charge is -2.34. The number of aliphatic hydroxyl groups is 1. The lowest BCUT2D eigenvalue weighted by atomic mass is 9.96. The van der Waals surface area contributed by atoms with Gasteiger partial charge in [0.05, 0.1) is 24.3 Å². The molecule has 1 aromatic carbocycles. The number of methoxy groups -OCH3 is 1. The van der Waals surface area contributed by atoms with Crippen LogP contribution in [0.3, 0.4) is 0 Å². The number of amides is 1. The Kier molecular flexibility index (Phi) is 4.39. The number of ether oxygens (including phenoxy) is 1. The second kappa shape index (κ2) is 5.74. The van der Waals surface area contributed by atoms with Crippen molar-refractivity contribution in [3.8, 4) is 5.75 Å². The van der Waals surface area contributed by atoms with Crippen LogP contribution in [0.25, 0.3) is 0 Å². The molecule has 0 spiro atoms. The summed E-state index contributed by atoms with van der Waals surface area (Å²) in [5, 5.41) is 10.2. The minimum absolute atomic E-state index is 0.0691. The van der Waals surface area contributed by atoms with E-state index in [1.165, 1.54) is 0 Å². The molecule has 1 aliphatic rings. The molecule has 1 unspecified atom stereocenters. The van der Waals surface area contributed by atoms with E-state index >= 15 is 0 Å². The summed E-state index contributed by atoms with van der Waals surface area (Å²) in [5.41, 5.74) is -0.321. The van der Waals surface area contributed by atoms with E-state index in [-0.39, 0.29) is 11.9 Å². The third-order valence-corrected chi connectivity index (χ3v) is 4.42. The Bertz CT molecular complexity index is 510. The minimum atomic E-state index is -0.891. The van der Waals surface area contributed by atoms with E-state index in [1.807, 2.05) is 0 Å². The number of benzene rings is 1. The molecule has 4 nitrogen and oxygen atoms in total. The Morgan fingerprint density at radius 3 is 2.80 bits per heavy atom. The van der Waals surface area contributed by atoms with E-state index in [0.717, 1.165) is 17.3 Å². The molecule has 0 aromatic heterocycles. The lowest BCUT2D eigenvalue weighted by Crippen LogP contribution is -2.48. The zero-order valence-electron chi connectivity index (χ0n) is 12.0. The summed E-state index contributed by atoms with van der Waals surface area (Å²) in [6.45, 7) is 4.19. The first kappa shape index (κ1) is 15.3. The van der Waals surface area contributed by atoms with Crippen LogP contribution < -0.4 is 4.74 Å². The fourth-order valence-electron chi connectivity index (χ4n) is 2.69. The van der Waals surface area contributed by atoms with E-state index < -0.39 is 5.60 Å². The molecule has 0 bridgehead atoms. The van der Waals surface area contributed by atoms with Crippen molar-refractivity contribution in [3.05, 3.63) is 28.2 Å². The first-order chi connectivity index (χ1) is 9.34. The summed E-state index contributed by atoms with van der Waals surface area (Å²) in [7, 11) is 1.58. The molecule has 0 radical (unpaired) electrons. The molecule has 0 aliphatic carbocycles. The summed E-state index contributed by atoms with van der Waals surface area (Å²) < 4.78 is 5.92. The number of carbonyl (C=O) groups is 1. The highest BCUT2D eigenvalue weighted by Crippen LogP contribution is 2.31. The summed E-state index contributed by atoms with van der Waals surface area (Å²) in [5.74, 6) is 0.580. The standard InChI is InChI=1S/C15H20BrNO3/c1-15(2,19)13-5-4-8-17(13)14(18)11-9-10(20-3)6-7-12(11)16/h6-7,9,13,19H,4-5,8H2,1-3H3. The number of rotatable bonds is 3. The third-order valence-electron chi connectivity index (χ3n) is 3.73. The van der Waals surface area contributed by atoms with Crippen LogP contribution in [-0.2, 0) is 0 Å². The summed E-state index contributed by atoms with van der Waals surface area (Å²) in [4.78, 5) is 14.5. The molecule has 1 amide bonds. The number of nitrogens with zero attached hydrogens (tertiary/aromatic N) is 1. The van der Waals surface area contributed by atoms with Crippen molar-refractivity contribution >= 4 is 21.8 Å². The number of halogens is 1. The van der Waals surface area contributed by atoms with Crippen molar-refractivity contribution in [2.75, 3.05) is 13.7 Å². The van der Waals surface area contributed by atoms with Crippen molar-refractivity contribution < 1.29 is 14.6 Å². The summed E-state index contributed by atoms with van der Waals surface area (Å²) in [6.07, 6.45) is 1.75. The molecule has 1 aromatic rings. The van der Waals surface area contributed by atoms with Crippen LogP contribution in [0, 0.1) is 0 Å². The van der Waals surface area contributed by atoms with Gasteiger partial charge in [-0.1, -0.05) is 0 Å². The van der Waals surface area contributed by atoms with Gasteiger partial charge < -0.3 is 14.7 Å².